The van der Waals surface area contributed by atoms with Crippen LogP contribution in [0, 0.1) is 10.1 Å². The topological polar surface area (TPSA) is 134 Å². The third-order valence-electron chi connectivity index (χ3n) is 3.16. The number of ether oxygens (including phenoxy) is 2. The van der Waals surface area contributed by atoms with Crippen molar-refractivity contribution in [3.8, 4) is 5.75 Å². The van der Waals surface area contributed by atoms with Gasteiger partial charge in [0.1, 0.15) is 5.75 Å². The second kappa shape index (κ2) is 7.77. The van der Waals surface area contributed by atoms with Gasteiger partial charge in [0.2, 0.25) is 0 Å². The van der Waals surface area contributed by atoms with E-state index in [1.165, 1.54) is 49.6 Å². The van der Waals surface area contributed by atoms with Crippen molar-refractivity contribution in [2.45, 2.75) is 0 Å². The van der Waals surface area contributed by atoms with Crippen LogP contribution in [-0.2, 0) is 9.53 Å². The minimum Gasteiger partial charge on any atom is -0.495 e. The lowest BCUT2D eigenvalue weighted by molar-refractivity contribution is -0.384. The molecule has 1 amide bonds. The highest BCUT2D eigenvalue weighted by molar-refractivity contribution is 5.96. The number of esters is 1. The largest absolute Gasteiger partial charge is 0.495 e. The molecule has 9 nitrogen and oxygen atoms in total. The number of nitro groups is 1. The smallest absolute Gasteiger partial charge is 0.338 e. The monoisotopic (exact) mass is 345 g/mol. The summed E-state index contributed by atoms with van der Waals surface area (Å²) in [5.41, 5.74) is 6.41. The number of nitrogens with two attached hydrogens (primary N) is 1. The van der Waals surface area contributed by atoms with Gasteiger partial charge in [-0.3, -0.25) is 14.9 Å². The fourth-order valence-corrected chi connectivity index (χ4v) is 1.94. The molecule has 0 atom stereocenters. The van der Waals surface area contributed by atoms with E-state index < -0.39 is 23.4 Å². The van der Waals surface area contributed by atoms with E-state index in [1.54, 1.807) is 0 Å². The minimum absolute atomic E-state index is 0.0958. The van der Waals surface area contributed by atoms with Crippen LogP contribution in [0.4, 0.5) is 17.1 Å². The first-order valence-corrected chi connectivity index (χ1v) is 7.05. The van der Waals surface area contributed by atoms with Crippen molar-refractivity contribution < 1.29 is 24.0 Å². The molecule has 0 bridgehead atoms. The number of nitrogen functional groups attached to an aromatic ring is 1. The summed E-state index contributed by atoms with van der Waals surface area (Å²) in [6, 6.07) is 9.62. The molecule has 0 aliphatic rings. The number of methoxy groups -OCH3 is 1. The van der Waals surface area contributed by atoms with Crippen LogP contribution in [0.15, 0.2) is 42.5 Å². The normalized spacial score (nSPS) is 9.96. The molecule has 25 heavy (non-hydrogen) atoms. The Morgan fingerprint density at radius 3 is 2.44 bits per heavy atom. The summed E-state index contributed by atoms with van der Waals surface area (Å²) < 4.78 is 9.88. The lowest BCUT2D eigenvalue weighted by atomic mass is 10.2. The van der Waals surface area contributed by atoms with E-state index in [-0.39, 0.29) is 16.9 Å². The maximum atomic E-state index is 11.9. The van der Waals surface area contributed by atoms with E-state index in [1.807, 2.05) is 0 Å². The zero-order valence-electron chi connectivity index (χ0n) is 13.2. The first kappa shape index (κ1) is 17.7. The molecule has 0 heterocycles. The van der Waals surface area contributed by atoms with Gasteiger partial charge in [-0.2, -0.15) is 0 Å². The summed E-state index contributed by atoms with van der Waals surface area (Å²) in [5, 5.41) is 13.0. The average molecular weight is 345 g/mol. The summed E-state index contributed by atoms with van der Waals surface area (Å²) in [7, 11) is 1.45. The number of non-ortho nitro benzene ring substituents is 1. The summed E-state index contributed by atoms with van der Waals surface area (Å²) in [6.07, 6.45) is 0. The van der Waals surface area contributed by atoms with Gasteiger partial charge < -0.3 is 20.5 Å². The van der Waals surface area contributed by atoms with Crippen molar-refractivity contribution in [3.63, 3.8) is 0 Å². The van der Waals surface area contributed by atoms with Gasteiger partial charge >= 0.3 is 5.97 Å². The van der Waals surface area contributed by atoms with Crippen LogP contribution in [0.5, 0.6) is 5.75 Å². The molecule has 130 valence electrons. The van der Waals surface area contributed by atoms with E-state index in [4.69, 9.17) is 15.2 Å². The third kappa shape index (κ3) is 4.67. The lowest BCUT2D eigenvalue weighted by Gasteiger charge is -2.08. The van der Waals surface area contributed by atoms with E-state index >= 15 is 0 Å². The van der Waals surface area contributed by atoms with E-state index in [2.05, 4.69) is 5.32 Å². The summed E-state index contributed by atoms with van der Waals surface area (Å²) in [5.74, 6) is -0.871. The molecule has 0 aliphatic carbocycles. The van der Waals surface area contributed by atoms with Crippen LogP contribution in [0.2, 0.25) is 0 Å². The Morgan fingerprint density at radius 1 is 1.20 bits per heavy atom. The maximum absolute atomic E-state index is 11.9. The van der Waals surface area contributed by atoms with Crippen molar-refractivity contribution in [3.05, 3.63) is 58.1 Å². The molecule has 2 aromatic rings. The first-order valence-electron chi connectivity index (χ1n) is 7.05. The number of anilines is 2. The molecule has 0 aliphatic heterocycles. The number of rotatable bonds is 6. The maximum Gasteiger partial charge on any atom is 0.338 e. The number of carbonyl (C=O) groups excluding carboxylic acids is 2. The van der Waals surface area contributed by atoms with Gasteiger partial charge in [-0.15, -0.1) is 0 Å². The standard InChI is InChI=1S/C16H15N3O6/c1-24-14-7-2-10(8-13(14)17)16(21)25-9-15(20)18-11-3-5-12(6-4-11)19(22)23/h2-8H,9,17H2,1H3,(H,18,20). The van der Waals surface area contributed by atoms with Gasteiger partial charge in [-0.05, 0) is 30.3 Å². The van der Waals surface area contributed by atoms with E-state index in [9.17, 15) is 19.7 Å². The average Bonchev–Trinajstić information content (AvgIpc) is 2.60. The van der Waals surface area contributed by atoms with Crippen molar-refractivity contribution in [2.75, 3.05) is 24.8 Å². The Labute approximate surface area is 142 Å². The zero-order valence-corrected chi connectivity index (χ0v) is 13.2. The van der Waals surface area contributed by atoms with Crippen LogP contribution in [0.3, 0.4) is 0 Å². The van der Waals surface area contributed by atoms with Crippen molar-refractivity contribution >= 4 is 28.9 Å². The molecule has 0 spiro atoms. The Bertz CT molecular complexity index is 804. The van der Waals surface area contributed by atoms with Crippen molar-refractivity contribution in [1.29, 1.82) is 0 Å². The van der Waals surface area contributed by atoms with Gasteiger partial charge in [-0.25, -0.2) is 4.79 Å². The number of nitro benzene ring substituents is 1. The van der Waals surface area contributed by atoms with E-state index in [0.717, 1.165) is 0 Å². The highest BCUT2D eigenvalue weighted by atomic mass is 16.6. The summed E-state index contributed by atoms with van der Waals surface area (Å²) >= 11 is 0. The van der Waals surface area contributed by atoms with Gasteiger partial charge in [0.25, 0.3) is 11.6 Å². The molecule has 3 N–H and O–H groups in total. The number of nitrogens with one attached hydrogen (secondary N) is 1. The third-order valence-corrected chi connectivity index (χ3v) is 3.16. The Morgan fingerprint density at radius 2 is 1.88 bits per heavy atom. The zero-order chi connectivity index (χ0) is 18.4. The predicted octanol–water partition coefficient (Wildman–Crippen LogP) is 1.98. The lowest BCUT2D eigenvalue weighted by Crippen LogP contribution is -2.21. The molecular weight excluding hydrogens is 330 g/mol. The van der Waals surface area contributed by atoms with Crippen LogP contribution in [0.1, 0.15) is 10.4 Å². The number of carbonyl (C=O) groups is 2. The number of hydrogen-bond acceptors (Lipinski definition) is 7. The molecular formula is C16H15N3O6. The molecule has 0 aromatic heterocycles. The molecule has 2 rings (SSSR count). The molecule has 0 saturated heterocycles. The Balaban J connectivity index is 1.89. The van der Waals surface area contributed by atoms with Crippen LogP contribution < -0.4 is 15.8 Å². The number of nitrogens with zero attached hydrogens (tertiary/aromatic N) is 1. The minimum atomic E-state index is -0.715. The molecule has 0 saturated carbocycles. The quantitative estimate of drug-likeness (QED) is 0.354. The molecule has 0 radical (unpaired) electrons. The fourth-order valence-electron chi connectivity index (χ4n) is 1.94. The second-order valence-corrected chi connectivity index (χ2v) is 4.89. The molecule has 2 aromatic carbocycles. The van der Waals surface area contributed by atoms with Gasteiger partial charge in [0.15, 0.2) is 6.61 Å². The van der Waals surface area contributed by atoms with Gasteiger partial charge in [-0.1, -0.05) is 0 Å². The summed E-state index contributed by atoms with van der Waals surface area (Å²) in [6.45, 7) is -0.512. The van der Waals surface area contributed by atoms with E-state index in [0.29, 0.717) is 11.4 Å². The van der Waals surface area contributed by atoms with Crippen molar-refractivity contribution in [1.82, 2.24) is 0 Å². The SMILES string of the molecule is COc1ccc(C(=O)OCC(=O)Nc2ccc([N+](=O)[O-])cc2)cc1N. The van der Waals surface area contributed by atoms with Crippen LogP contribution in [-0.4, -0.2) is 30.5 Å². The number of amides is 1. The first-order chi connectivity index (χ1) is 11.9. The molecule has 0 fully saturated rings. The van der Waals surface area contributed by atoms with Crippen LogP contribution in [0.25, 0.3) is 0 Å². The highest BCUT2D eigenvalue weighted by Gasteiger charge is 2.13. The molecule has 9 heteroatoms. The van der Waals surface area contributed by atoms with Crippen LogP contribution >= 0.6 is 0 Å². The Hall–Kier alpha value is -3.62. The Kier molecular flexibility index (Phi) is 5.51. The second-order valence-electron chi connectivity index (χ2n) is 4.89. The number of hydrogen-bond donors (Lipinski definition) is 2. The molecule has 0 unspecified atom stereocenters. The highest BCUT2D eigenvalue weighted by Crippen LogP contribution is 2.22. The van der Waals surface area contributed by atoms with Crippen molar-refractivity contribution in [2.24, 2.45) is 0 Å². The van der Waals surface area contributed by atoms with Gasteiger partial charge in [0, 0.05) is 17.8 Å². The number of benzene rings is 2. The predicted molar refractivity (Wildman–Crippen MR) is 89.4 cm³/mol. The van der Waals surface area contributed by atoms with Gasteiger partial charge in [0.05, 0.1) is 23.3 Å². The fraction of sp³-hybridized carbons (Fsp3) is 0.125. The summed E-state index contributed by atoms with van der Waals surface area (Å²) in [4.78, 5) is 33.7.